The number of likely N-dealkylation sites (tertiary alicyclic amines) is 1. The molecule has 27 heavy (non-hydrogen) atoms. The topological polar surface area (TPSA) is 41.6 Å². The predicted octanol–water partition coefficient (Wildman–Crippen LogP) is 4.70. The highest BCUT2D eigenvalue weighted by molar-refractivity contribution is 5.92. The van der Waals surface area contributed by atoms with E-state index in [0.717, 1.165) is 43.5 Å². The monoisotopic (exact) mass is 370 g/mol. The number of halogens is 1. The van der Waals surface area contributed by atoms with Gasteiger partial charge in [-0.3, -0.25) is 9.69 Å². The van der Waals surface area contributed by atoms with E-state index in [2.05, 4.69) is 22.3 Å². The van der Waals surface area contributed by atoms with Gasteiger partial charge in [0.25, 0.3) is 0 Å². The van der Waals surface area contributed by atoms with Gasteiger partial charge >= 0.3 is 0 Å². The third-order valence-corrected chi connectivity index (χ3v) is 5.11. The number of carbonyl (C=O) groups excluding carboxylic acids is 1. The van der Waals surface area contributed by atoms with Crippen molar-refractivity contribution in [3.05, 3.63) is 59.4 Å². The van der Waals surface area contributed by atoms with Gasteiger partial charge in [-0.15, -0.1) is 0 Å². The molecule has 1 fully saturated rings. The lowest BCUT2D eigenvalue weighted by Crippen LogP contribution is -2.36. The molecule has 0 aliphatic carbocycles. The van der Waals surface area contributed by atoms with Crippen molar-refractivity contribution in [3.63, 3.8) is 0 Å². The number of anilines is 1. The summed E-state index contributed by atoms with van der Waals surface area (Å²) in [5.41, 5.74) is 2.26. The number of aryl methyl sites for hydroxylation is 1. The molecule has 1 amide bonds. The van der Waals surface area contributed by atoms with E-state index in [9.17, 15) is 9.18 Å². The van der Waals surface area contributed by atoms with E-state index in [0.29, 0.717) is 0 Å². The van der Waals surface area contributed by atoms with Gasteiger partial charge in [-0.25, -0.2) is 4.39 Å². The second kappa shape index (κ2) is 9.00. The number of hydrogen-bond donors (Lipinski definition) is 1. The van der Waals surface area contributed by atoms with Crippen LogP contribution in [0.25, 0.3) is 0 Å². The first-order valence-electron chi connectivity index (χ1n) is 9.51. The molecule has 2 aromatic carbocycles. The summed E-state index contributed by atoms with van der Waals surface area (Å²) in [4.78, 5) is 14.8. The Balaban J connectivity index is 1.71. The molecule has 1 aliphatic rings. The lowest BCUT2D eigenvalue weighted by Gasteiger charge is -2.30. The van der Waals surface area contributed by atoms with E-state index in [-0.39, 0.29) is 24.2 Å². The number of amides is 1. The van der Waals surface area contributed by atoms with Crippen molar-refractivity contribution in [2.75, 3.05) is 25.5 Å². The van der Waals surface area contributed by atoms with Crippen LogP contribution < -0.4 is 10.1 Å². The van der Waals surface area contributed by atoms with E-state index in [1.54, 1.807) is 19.2 Å². The fourth-order valence-electron chi connectivity index (χ4n) is 3.66. The molecular formula is C22H27FN2O2. The lowest BCUT2D eigenvalue weighted by atomic mass is 10.0. The molecule has 2 aromatic rings. The Morgan fingerprint density at radius 3 is 2.67 bits per heavy atom. The SMILES string of the molecule is COc1ccc([C@@H]2CCCCCN2CC(=O)Nc2ccc(C)cc2F)cc1. The summed E-state index contributed by atoms with van der Waals surface area (Å²) in [5.74, 6) is 0.246. The van der Waals surface area contributed by atoms with Crippen LogP contribution in [-0.2, 0) is 4.79 Å². The van der Waals surface area contributed by atoms with Crippen LogP contribution in [0.4, 0.5) is 10.1 Å². The molecule has 0 aromatic heterocycles. The molecule has 1 atom stereocenters. The normalized spacial score (nSPS) is 18.0. The van der Waals surface area contributed by atoms with Gasteiger partial charge in [0.05, 0.1) is 19.3 Å². The number of nitrogens with one attached hydrogen (secondary N) is 1. The minimum atomic E-state index is -0.397. The molecule has 0 saturated carbocycles. The van der Waals surface area contributed by atoms with Crippen LogP contribution in [0.15, 0.2) is 42.5 Å². The first-order chi connectivity index (χ1) is 13.1. The number of rotatable bonds is 5. The zero-order chi connectivity index (χ0) is 19.2. The van der Waals surface area contributed by atoms with Gasteiger partial charge in [0.1, 0.15) is 11.6 Å². The van der Waals surface area contributed by atoms with Crippen LogP contribution in [0.1, 0.15) is 42.9 Å². The summed E-state index contributed by atoms with van der Waals surface area (Å²) < 4.78 is 19.3. The molecule has 0 unspecified atom stereocenters. The van der Waals surface area contributed by atoms with Crippen molar-refractivity contribution in [2.45, 2.75) is 38.6 Å². The standard InChI is InChI=1S/C22H27FN2O2/c1-16-7-12-20(19(23)14-16)24-22(26)15-25-13-5-3-4-6-21(25)17-8-10-18(27-2)11-9-17/h7-12,14,21H,3-6,13,15H2,1-2H3,(H,24,26)/t21-/m0/s1. The molecule has 0 radical (unpaired) electrons. The maximum atomic E-state index is 14.0. The van der Waals surface area contributed by atoms with E-state index in [1.165, 1.54) is 11.6 Å². The Bertz CT molecular complexity index is 776. The maximum absolute atomic E-state index is 14.0. The van der Waals surface area contributed by atoms with Gasteiger partial charge in [-0.05, 0) is 61.7 Å². The predicted molar refractivity (Wildman–Crippen MR) is 106 cm³/mol. The largest absolute Gasteiger partial charge is 0.497 e. The Morgan fingerprint density at radius 1 is 1.19 bits per heavy atom. The Labute approximate surface area is 160 Å². The molecule has 1 heterocycles. The number of methoxy groups -OCH3 is 1. The summed E-state index contributed by atoms with van der Waals surface area (Å²) in [6, 6.07) is 13.1. The summed E-state index contributed by atoms with van der Waals surface area (Å²) >= 11 is 0. The second-order valence-electron chi connectivity index (χ2n) is 7.14. The summed E-state index contributed by atoms with van der Waals surface area (Å²) in [5, 5.41) is 2.72. The Hall–Kier alpha value is -2.40. The fourth-order valence-corrected chi connectivity index (χ4v) is 3.66. The molecule has 1 aliphatic heterocycles. The van der Waals surface area contributed by atoms with Crippen LogP contribution in [-0.4, -0.2) is 31.0 Å². The second-order valence-corrected chi connectivity index (χ2v) is 7.14. The molecule has 144 valence electrons. The quantitative estimate of drug-likeness (QED) is 0.830. The molecule has 0 spiro atoms. The highest BCUT2D eigenvalue weighted by Gasteiger charge is 2.24. The lowest BCUT2D eigenvalue weighted by molar-refractivity contribution is -0.117. The molecule has 0 bridgehead atoms. The van der Waals surface area contributed by atoms with E-state index < -0.39 is 5.82 Å². The van der Waals surface area contributed by atoms with Crippen LogP contribution in [0.3, 0.4) is 0 Å². The number of nitrogens with zero attached hydrogens (tertiary/aromatic N) is 1. The molecule has 4 nitrogen and oxygen atoms in total. The first-order valence-corrected chi connectivity index (χ1v) is 9.51. The summed E-state index contributed by atoms with van der Waals surface area (Å²) in [6.07, 6.45) is 4.39. The third kappa shape index (κ3) is 5.07. The average Bonchev–Trinajstić information content (AvgIpc) is 2.89. The number of ether oxygens (including phenoxy) is 1. The van der Waals surface area contributed by atoms with Gasteiger partial charge in [0.15, 0.2) is 0 Å². The Morgan fingerprint density at radius 2 is 1.96 bits per heavy atom. The van der Waals surface area contributed by atoms with Gasteiger partial charge in [-0.1, -0.05) is 31.0 Å². The zero-order valence-electron chi connectivity index (χ0n) is 16.0. The summed E-state index contributed by atoms with van der Waals surface area (Å²) in [7, 11) is 1.65. The van der Waals surface area contributed by atoms with E-state index in [4.69, 9.17) is 4.74 Å². The molecule has 1 saturated heterocycles. The van der Waals surface area contributed by atoms with Crippen molar-refractivity contribution in [1.29, 1.82) is 0 Å². The molecule has 3 rings (SSSR count). The zero-order valence-corrected chi connectivity index (χ0v) is 16.0. The number of hydrogen-bond acceptors (Lipinski definition) is 3. The number of carbonyl (C=O) groups is 1. The minimum Gasteiger partial charge on any atom is -0.497 e. The maximum Gasteiger partial charge on any atom is 0.238 e. The molecular weight excluding hydrogens is 343 g/mol. The van der Waals surface area contributed by atoms with Crippen molar-refractivity contribution in [2.24, 2.45) is 0 Å². The van der Waals surface area contributed by atoms with Crippen LogP contribution in [0, 0.1) is 12.7 Å². The van der Waals surface area contributed by atoms with Gasteiger partial charge in [0.2, 0.25) is 5.91 Å². The highest BCUT2D eigenvalue weighted by atomic mass is 19.1. The van der Waals surface area contributed by atoms with Crippen molar-refractivity contribution in [1.82, 2.24) is 4.90 Å². The third-order valence-electron chi connectivity index (χ3n) is 5.11. The average molecular weight is 370 g/mol. The highest BCUT2D eigenvalue weighted by Crippen LogP contribution is 2.31. The van der Waals surface area contributed by atoms with Crippen LogP contribution in [0.2, 0.25) is 0 Å². The molecule has 5 heteroatoms. The van der Waals surface area contributed by atoms with Crippen molar-refractivity contribution < 1.29 is 13.9 Å². The van der Waals surface area contributed by atoms with Gasteiger partial charge in [0, 0.05) is 6.04 Å². The smallest absolute Gasteiger partial charge is 0.238 e. The number of benzene rings is 2. The summed E-state index contributed by atoms with van der Waals surface area (Å²) in [6.45, 7) is 2.94. The van der Waals surface area contributed by atoms with Crippen molar-refractivity contribution in [3.8, 4) is 5.75 Å². The minimum absolute atomic E-state index is 0.182. The first kappa shape index (κ1) is 19.4. The van der Waals surface area contributed by atoms with Crippen LogP contribution >= 0.6 is 0 Å². The van der Waals surface area contributed by atoms with Gasteiger partial charge in [-0.2, -0.15) is 0 Å². The van der Waals surface area contributed by atoms with E-state index >= 15 is 0 Å². The fraction of sp³-hybridized carbons (Fsp3) is 0.409. The van der Waals surface area contributed by atoms with E-state index in [1.807, 2.05) is 19.1 Å². The van der Waals surface area contributed by atoms with Crippen LogP contribution in [0.5, 0.6) is 5.75 Å². The Kier molecular flexibility index (Phi) is 6.45. The van der Waals surface area contributed by atoms with Crippen molar-refractivity contribution >= 4 is 11.6 Å². The van der Waals surface area contributed by atoms with Gasteiger partial charge < -0.3 is 10.1 Å². The molecule has 1 N–H and O–H groups in total.